The maximum Gasteiger partial charge on any atom is 0.416 e. The number of piperidine rings is 1. The van der Waals surface area contributed by atoms with Crippen LogP contribution in [0.2, 0.25) is 0 Å². The highest BCUT2D eigenvalue weighted by atomic mass is 19.4. The molecular weight excluding hydrogens is 549 g/mol. The van der Waals surface area contributed by atoms with Gasteiger partial charge in [0.1, 0.15) is 17.1 Å². The van der Waals surface area contributed by atoms with Gasteiger partial charge >= 0.3 is 12.1 Å². The molecule has 2 heterocycles. The van der Waals surface area contributed by atoms with E-state index >= 15 is 0 Å². The molecule has 0 spiro atoms. The predicted octanol–water partition coefficient (Wildman–Crippen LogP) is 6.41. The number of methoxy groups -OCH3 is 1. The fraction of sp³-hybridized carbons (Fsp3) is 0.562. The van der Waals surface area contributed by atoms with Gasteiger partial charge in [0, 0.05) is 18.2 Å². The van der Waals surface area contributed by atoms with Crippen LogP contribution in [0.25, 0.3) is 0 Å². The lowest BCUT2D eigenvalue weighted by Crippen LogP contribution is -2.49. The lowest BCUT2D eigenvalue weighted by molar-refractivity contribution is -0.150. The van der Waals surface area contributed by atoms with E-state index in [1.54, 1.807) is 17.0 Å². The van der Waals surface area contributed by atoms with Gasteiger partial charge < -0.3 is 24.4 Å². The molecule has 1 saturated carbocycles. The number of alkyl halides is 3. The van der Waals surface area contributed by atoms with E-state index < -0.39 is 23.1 Å². The number of amides is 1. The molecule has 10 heteroatoms. The Hall–Kier alpha value is -3.27. The molecule has 1 aliphatic carbocycles. The summed E-state index contributed by atoms with van der Waals surface area (Å²) in [5.74, 6) is 0.234. The molecule has 0 bridgehead atoms. The molecule has 2 fully saturated rings. The zero-order chi connectivity index (χ0) is 30.4. The number of benzene rings is 2. The highest BCUT2D eigenvalue weighted by Crippen LogP contribution is 2.49. The van der Waals surface area contributed by atoms with Gasteiger partial charge in [-0.05, 0) is 85.9 Å². The van der Waals surface area contributed by atoms with Gasteiger partial charge in [0.25, 0.3) is 0 Å². The van der Waals surface area contributed by atoms with E-state index in [0.717, 1.165) is 50.0 Å². The van der Waals surface area contributed by atoms with Crippen molar-refractivity contribution in [2.24, 2.45) is 17.3 Å². The van der Waals surface area contributed by atoms with Crippen LogP contribution in [0.4, 0.5) is 13.2 Å². The third-order valence-corrected chi connectivity index (χ3v) is 9.80. The van der Waals surface area contributed by atoms with E-state index in [-0.39, 0.29) is 48.5 Å². The van der Waals surface area contributed by atoms with E-state index in [1.807, 2.05) is 6.07 Å². The number of rotatable bonds is 6. The first kappa shape index (κ1) is 30.2. The van der Waals surface area contributed by atoms with Gasteiger partial charge in [-0.1, -0.05) is 26.8 Å². The molecule has 4 atom stereocenters. The van der Waals surface area contributed by atoms with Crippen molar-refractivity contribution in [2.45, 2.75) is 71.1 Å². The minimum atomic E-state index is -4.46. The van der Waals surface area contributed by atoms with Crippen LogP contribution in [-0.4, -0.2) is 59.8 Å². The molecule has 228 valence electrons. The van der Waals surface area contributed by atoms with Crippen molar-refractivity contribution in [3.05, 3.63) is 58.7 Å². The van der Waals surface area contributed by atoms with E-state index in [1.165, 1.54) is 13.2 Å². The van der Waals surface area contributed by atoms with E-state index in [0.29, 0.717) is 23.5 Å². The second-order valence-electron chi connectivity index (χ2n) is 12.4. The normalized spacial score (nSPS) is 26.6. The quantitative estimate of drug-likeness (QED) is 0.420. The summed E-state index contributed by atoms with van der Waals surface area (Å²) < 4.78 is 50.9. The number of likely N-dealkylation sites (tertiary alicyclic amines) is 1. The number of carbonyl (C=O) groups is 2. The molecule has 1 amide bonds. The third kappa shape index (κ3) is 5.57. The summed E-state index contributed by atoms with van der Waals surface area (Å²) in [5.41, 5.74) is 0.181. The van der Waals surface area contributed by atoms with Crippen molar-refractivity contribution in [3.63, 3.8) is 0 Å². The summed E-state index contributed by atoms with van der Waals surface area (Å²) in [5, 5.41) is 9.62. The van der Waals surface area contributed by atoms with Gasteiger partial charge in [-0.15, -0.1) is 0 Å². The number of carboxylic acids is 1. The molecule has 1 saturated heterocycles. The minimum Gasteiger partial charge on any atom is -0.496 e. The van der Waals surface area contributed by atoms with Crippen LogP contribution in [0, 0.1) is 17.3 Å². The number of carbonyl (C=O) groups excluding carboxylic acids is 1. The predicted molar refractivity (Wildman–Crippen MR) is 150 cm³/mol. The number of hydrogen-bond acceptors (Lipinski definition) is 5. The van der Waals surface area contributed by atoms with Crippen LogP contribution in [0.1, 0.15) is 79.4 Å². The second-order valence-corrected chi connectivity index (χ2v) is 12.4. The summed E-state index contributed by atoms with van der Waals surface area (Å²) in [7, 11) is 1.47. The lowest BCUT2D eigenvalue weighted by Gasteiger charge is -2.42. The smallest absolute Gasteiger partial charge is 0.416 e. The zero-order valence-electron chi connectivity index (χ0n) is 24.5. The fourth-order valence-corrected chi connectivity index (χ4v) is 7.32. The van der Waals surface area contributed by atoms with Crippen LogP contribution < -0.4 is 9.47 Å². The van der Waals surface area contributed by atoms with Gasteiger partial charge in [-0.3, -0.25) is 4.79 Å². The van der Waals surface area contributed by atoms with Crippen LogP contribution in [-0.2, 0) is 17.5 Å². The SMILES string of the molecule is COc1ccc(C2CCN([C@@H]3CC[C@@](C(=O)N4COc5ccc(C(F)(F)F)cc5C4)(C(C)C)C3)CC2C)cc1C(=O)O. The van der Waals surface area contributed by atoms with Gasteiger partial charge in [-0.2, -0.15) is 13.2 Å². The first-order valence-electron chi connectivity index (χ1n) is 14.6. The van der Waals surface area contributed by atoms with Crippen molar-refractivity contribution in [1.82, 2.24) is 9.80 Å². The average molecular weight is 589 g/mol. The molecule has 2 unspecified atom stereocenters. The summed E-state index contributed by atoms with van der Waals surface area (Å²) in [6.45, 7) is 8.11. The summed E-state index contributed by atoms with van der Waals surface area (Å²) >= 11 is 0. The van der Waals surface area contributed by atoms with Crippen molar-refractivity contribution < 1.29 is 37.3 Å². The Morgan fingerprint density at radius 1 is 1.14 bits per heavy atom. The maximum absolute atomic E-state index is 14.1. The molecule has 0 radical (unpaired) electrons. The topological polar surface area (TPSA) is 79.3 Å². The molecule has 1 N–H and O–H groups in total. The Labute approximate surface area is 244 Å². The molecular formula is C32H39F3N2O5. The van der Waals surface area contributed by atoms with Crippen LogP contribution in [0.3, 0.4) is 0 Å². The number of ether oxygens (including phenoxy) is 2. The van der Waals surface area contributed by atoms with Crippen molar-refractivity contribution in [2.75, 3.05) is 26.9 Å². The molecule has 5 rings (SSSR count). The Kier molecular flexibility index (Phi) is 8.22. The van der Waals surface area contributed by atoms with Crippen molar-refractivity contribution in [1.29, 1.82) is 0 Å². The fourth-order valence-electron chi connectivity index (χ4n) is 7.32. The maximum atomic E-state index is 14.1. The van der Waals surface area contributed by atoms with Gasteiger partial charge in [0.15, 0.2) is 6.73 Å². The number of nitrogens with zero attached hydrogens (tertiary/aromatic N) is 2. The highest BCUT2D eigenvalue weighted by molar-refractivity contribution is 5.91. The summed E-state index contributed by atoms with van der Waals surface area (Å²) in [6, 6.07) is 9.07. The summed E-state index contributed by atoms with van der Waals surface area (Å²) in [4.78, 5) is 29.9. The average Bonchev–Trinajstić information content (AvgIpc) is 3.42. The van der Waals surface area contributed by atoms with Gasteiger partial charge in [0.2, 0.25) is 5.91 Å². The zero-order valence-corrected chi connectivity index (χ0v) is 24.5. The van der Waals surface area contributed by atoms with E-state index in [4.69, 9.17) is 9.47 Å². The second kappa shape index (κ2) is 11.4. The Balaban J connectivity index is 1.28. The largest absolute Gasteiger partial charge is 0.496 e. The molecule has 2 aromatic carbocycles. The van der Waals surface area contributed by atoms with Crippen molar-refractivity contribution in [3.8, 4) is 11.5 Å². The molecule has 0 aromatic heterocycles. The Morgan fingerprint density at radius 2 is 1.90 bits per heavy atom. The third-order valence-electron chi connectivity index (χ3n) is 9.80. The number of halogens is 3. The van der Waals surface area contributed by atoms with Gasteiger partial charge in [0.05, 0.1) is 24.6 Å². The van der Waals surface area contributed by atoms with Crippen LogP contribution in [0.5, 0.6) is 11.5 Å². The molecule has 2 aromatic rings. The number of hydrogen-bond donors (Lipinski definition) is 1. The Morgan fingerprint density at radius 3 is 2.55 bits per heavy atom. The molecule has 2 aliphatic heterocycles. The van der Waals surface area contributed by atoms with Crippen LogP contribution >= 0.6 is 0 Å². The highest BCUT2D eigenvalue weighted by Gasteiger charge is 2.51. The molecule has 7 nitrogen and oxygen atoms in total. The van der Waals surface area contributed by atoms with E-state index in [2.05, 4.69) is 25.7 Å². The number of carboxylic acid groups (broad SMARTS) is 1. The standard InChI is InChI=1S/C32H39F3N2O5/c1-19(2)31(30(40)37-17-22-13-23(32(33,34)35)6-8-27(22)42-18-37)11-9-24(15-31)36-12-10-25(20(3)16-36)21-5-7-28(41-4)26(14-21)29(38)39/h5-8,13-14,19-20,24-25H,9-12,15-18H2,1-4H3,(H,38,39)/t20?,24-,25?,31+/m1/s1. The molecule has 42 heavy (non-hydrogen) atoms. The van der Waals surface area contributed by atoms with Gasteiger partial charge in [-0.25, -0.2) is 4.79 Å². The minimum absolute atomic E-state index is 0.0267. The molecule has 3 aliphatic rings. The summed E-state index contributed by atoms with van der Waals surface area (Å²) in [6.07, 6.45) is -1.30. The van der Waals surface area contributed by atoms with Crippen molar-refractivity contribution >= 4 is 11.9 Å². The lowest BCUT2D eigenvalue weighted by atomic mass is 9.74. The van der Waals surface area contributed by atoms with E-state index in [9.17, 15) is 27.9 Å². The monoisotopic (exact) mass is 588 g/mol. The first-order valence-corrected chi connectivity index (χ1v) is 14.6. The number of aromatic carboxylic acids is 1. The number of fused-ring (bicyclic) bond motifs is 1. The Bertz CT molecular complexity index is 1350. The van der Waals surface area contributed by atoms with Crippen LogP contribution in [0.15, 0.2) is 36.4 Å². The first-order chi connectivity index (χ1) is 19.8.